The highest BCUT2D eigenvalue weighted by Gasteiger charge is 2.24. The van der Waals surface area contributed by atoms with Crippen LogP contribution in [0.25, 0.3) is 0 Å². The Morgan fingerprint density at radius 3 is 2.44 bits per heavy atom. The van der Waals surface area contributed by atoms with Gasteiger partial charge in [-0.2, -0.15) is 0 Å². The third-order valence-corrected chi connectivity index (χ3v) is 6.85. The Morgan fingerprint density at radius 1 is 1.15 bits per heavy atom. The molecule has 0 saturated heterocycles. The lowest BCUT2D eigenvalue weighted by Crippen LogP contribution is -2.32. The first-order valence-electron chi connectivity index (χ1n) is 10.4. The number of nitrogens with zero attached hydrogens (tertiary/aromatic N) is 2. The summed E-state index contributed by atoms with van der Waals surface area (Å²) in [6.07, 6.45) is 0. The third kappa shape index (κ3) is 6.75. The SMILES string of the molecule is Cc1cc(Br)cc(C)c1NC(=O)CSc1n[nH]c([C@@H](NC(=O)c2ccc(Cl)cc2Cl)C(C)C)n1. The lowest BCUT2D eigenvalue weighted by Gasteiger charge is -2.20. The number of aromatic nitrogens is 3. The number of benzene rings is 2. The standard InChI is InChI=1S/C23H24BrCl2N5O2S/c1-11(2)19(28-22(33)16-6-5-15(25)9-17(16)26)21-29-23(31-30-21)34-10-18(32)27-20-12(3)7-14(24)8-13(20)4/h5-9,11,19H,10H2,1-4H3,(H,27,32)(H,28,33)(H,29,30,31)/t19-/m0/s1. The second kappa shape index (κ2) is 11.6. The maximum atomic E-state index is 12.8. The van der Waals surface area contributed by atoms with Crippen molar-refractivity contribution >= 4 is 68.4 Å². The van der Waals surface area contributed by atoms with E-state index in [1.165, 1.54) is 17.8 Å². The van der Waals surface area contributed by atoms with E-state index >= 15 is 0 Å². The monoisotopic (exact) mass is 583 g/mol. The summed E-state index contributed by atoms with van der Waals surface area (Å²) >= 11 is 16.8. The van der Waals surface area contributed by atoms with Crippen molar-refractivity contribution in [2.45, 2.75) is 38.9 Å². The molecule has 34 heavy (non-hydrogen) atoms. The van der Waals surface area contributed by atoms with Gasteiger partial charge in [-0.1, -0.05) is 64.7 Å². The second-order valence-electron chi connectivity index (χ2n) is 8.07. The maximum Gasteiger partial charge on any atom is 0.253 e. The smallest absolute Gasteiger partial charge is 0.253 e. The number of thioether (sulfide) groups is 1. The normalized spacial score (nSPS) is 12.0. The number of carbonyl (C=O) groups excluding carboxylic acids is 2. The summed E-state index contributed by atoms with van der Waals surface area (Å²) in [5.74, 6) is 0.163. The summed E-state index contributed by atoms with van der Waals surface area (Å²) in [5.41, 5.74) is 3.07. The fraction of sp³-hybridized carbons (Fsp3) is 0.304. The molecule has 11 heteroatoms. The van der Waals surface area contributed by atoms with Crippen LogP contribution in [-0.4, -0.2) is 32.7 Å². The number of rotatable bonds is 8. The van der Waals surface area contributed by atoms with Gasteiger partial charge < -0.3 is 10.6 Å². The molecule has 0 aliphatic heterocycles. The van der Waals surface area contributed by atoms with Crippen LogP contribution < -0.4 is 10.6 Å². The largest absolute Gasteiger partial charge is 0.342 e. The third-order valence-electron chi connectivity index (χ3n) is 5.00. The molecule has 0 aliphatic carbocycles. The van der Waals surface area contributed by atoms with Gasteiger partial charge in [0.15, 0.2) is 0 Å². The number of anilines is 1. The Bertz CT molecular complexity index is 1190. The first-order chi connectivity index (χ1) is 16.0. The fourth-order valence-corrected chi connectivity index (χ4v) is 5.11. The van der Waals surface area contributed by atoms with Crippen molar-refractivity contribution in [2.75, 3.05) is 11.1 Å². The molecule has 3 N–H and O–H groups in total. The van der Waals surface area contributed by atoms with Gasteiger partial charge in [0.05, 0.1) is 22.4 Å². The average molecular weight is 585 g/mol. The van der Waals surface area contributed by atoms with E-state index in [0.29, 0.717) is 21.6 Å². The highest BCUT2D eigenvalue weighted by Crippen LogP contribution is 2.27. The van der Waals surface area contributed by atoms with Crippen molar-refractivity contribution in [2.24, 2.45) is 5.92 Å². The zero-order valence-corrected chi connectivity index (χ0v) is 22.9. The van der Waals surface area contributed by atoms with E-state index in [0.717, 1.165) is 21.3 Å². The second-order valence-corrected chi connectivity index (χ2v) is 10.8. The first-order valence-corrected chi connectivity index (χ1v) is 13.0. The molecule has 1 atom stereocenters. The molecule has 1 heterocycles. The van der Waals surface area contributed by atoms with Crippen LogP contribution >= 0.6 is 50.9 Å². The van der Waals surface area contributed by atoms with Crippen molar-refractivity contribution in [1.29, 1.82) is 0 Å². The maximum absolute atomic E-state index is 12.8. The highest BCUT2D eigenvalue weighted by molar-refractivity contribution is 9.10. The first kappa shape index (κ1) is 26.5. The van der Waals surface area contributed by atoms with E-state index in [9.17, 15) is 9.59 Å². The Labute approximate surface area is 220 Å². The zero-order chi connectivity index (χ0) is 25.0. The molecule has 3 rings (SSSR count). The van der Waals surface area contributed by atoms with Crippen LogP contribution in [0.5, 0.6) is 0 Å². The number of carbonyl (C=O) groups is 2. The summed E-state index contributed by atoms with van der Waals surface area (Å²) in [4.78, 5) is 29.8. The number of amides is 2. The summed E-state index contributed by atoms with van der Waals surface area (Å²) in [6.45, 7) is 7.80. The molecule has 3 aromatic rings. The number of nitrogens with one attached hydrogen (secondary N) is 3. The quantitative estimate of drug-likeness (QED) is 0.268. The lowest BCUT2D eigenvalue weighted by molar-refractivity contribution is -0.113. The molecule has 0 aliphatic rings. The number of aromatic amines is 1. The average Bonchev–Trinajstić information content (AvgIpc) is 3.21. The number of halogens is 3. The van der Waals surface area contributed by atoms with Crippen LogP contribution in [0.2, 0.25) is 10.0 Å². The van der Waals surface area contributed by atoms with Gasteiger partial charge in [0.2, 0.25) is 11.1 Å². The minimum absolute atomic E-state index is 0.0208. The van der Waals surface area contributed by atoms with E-state index in [-0.39, 0.29) is 28.5 Å². The van der Waals surface area contributed by atoms with Crippen LogP contribution in [0.4, 0.5) is 5.69 Å². The van der Waals surface area contributed by atoms with E-state index in [1.807, 2.05) is 39.8 Å². The molecule has 0 unspecified atom stereocenters. The van der Waals surface area contributed by atoms with E-state index in [4.69, 9.17) is 23.2 Å². The fourth-order valence-electron chi connectivity index (χ4n) is 3.32. The molecule has 2 aromatic carbocycles. The molecule has 0 spiro atoms. The minimum atomic E-state index is -0.428. The molecule has 2 amide bonds. The Morgan fingerprint density at radius 2 is 1.82 bits per heavy atom. The van der Waals surface area contributed by atoms with Crippen molar-refractivity contribution in [1.82, 2.24) is 20.5 Å². The van der Waals surface area contributed by atoms with Crippen LogP contribution in [-0.2, 0) is 4.79 Å². The number of hydrogen-bond donors (Lipinski definition) is 3. The summed E-state index contributed by atoms with van der Waals surface area (Å²) in [6, 6.07) is 8.19. The van der Waals surface area contributed by atoms with Crippen molar-refractivity contribution in [3.63, 3.8) is 0 Å². The van der Waals surface area contributed by atoms with Gasteiger partial charge >= 0.3 is 0 Å². The predicted molar refractivity (Wildman–Crippen MR) is 141 cm³/mol. The molecular weight excluding hydrogens is 561 g/mol. The Balaban J connectivity index is 1.64. The summed E-state index contributed by atoms with van der Waals surface area (Å²) < 4.78 is 0.966. The van der Waals surface area contributed by atoms with Crippen molar-refractivity contribution in [3.8, 4) is 0 Å². The Kier molecular flexibility index (Phi) is 9.03. The number of hydrogen-bond acceptors (Lipinski definition) is 5. The molecule has 7 nitrogen and oxygen atoms in total. The van der Waals surface area contributed by atoms with Crippen molar-refractivity contribution in [3.05, 3.63) is 67.4 Å². The van der Waals surface area contributed by atoms with Crippen LogP contribution in [0.1, 0.15) is 47.2 Å². The van der Waals surface area contributed by atoms with Gasteiger partial charge in [0.25, 0.3) is 5.91 Å². The number of aryl methyl sites for hydroxylation is 2. The van der Waals surface area contributed by atoms with Gasteiger partial charge in [-0.3, -0.25) is 14.7 Å². The van der Waals surface area contributed by atoms with Crippen LogP contribution in [0, 0.1) is 19.8 Å². The highest BCUT2D eigenvalue weighted by atomic mass is 79.9. The van der Waals surface area contributed by atoms with E-state index < -0.39 is 6.04 Å². The van der Waals surface area contributed by atoms with E-state index in [1.54, 1.807) is 12.1 Å². The summed E-state index contributed by atoms with van der Waals surface area (Å²) in [7, 11) is 0. The van der Waals surface area contributed by atoms with Gasteiger partial charge in [0.1, 0.15) is 5.82 Å². The molecule has 1 aromatic heterocycles. The van der Waals surface area contributed by atoms with Crippen molar-refractivity contribution < 1.29 is 9.59 Å². The van der Waals surface area contributed by atoms with E-state index in [2.05, 4.69) is 41.7 Å². The van der Waals surface area contributed by atoms with Crippen LogP contribution in [0.15, 0.2) is 40.0 Å². The lowest BCUT2D eigenvalue weighted by atomic mass is 10.0. The molecular formula is C23H24BrCl2N5O2S. The molecule has 180 valence electrons. The van der Waals surface area contributed by atoms with Gasteiger partial charge in [0, 0.05) is 15.2 Å². The van der Waals surface area contributed by atoms with Gasteiger partial charge in [-0.05, 0) is 61.2 Å². The Hall–Kier alpha value is -2.07. The van der Waals surface area contributed by atoms with Gasteiger partial charge in [-0.15, -0.1) is 5.10 Å². The molecule has 0 fully saturated rings. The predicted octanol–water partition coefficient (Wildman–Crippen LogP) is 6.35. The van der Waals surface area contributed by atoms with Crippen LogP contribution in [0.3, 0.4) is 0 Å². The molecule has 0 radical (unpaired) electrons. The topological polar surface area (TPSA) is 99.8 Å². The zero-order valence-electron chi connectivity index (χ0n) is 19.0. The summed E-state index contributed by atoms with van der Waals surface area (Å²) in [5, 5.41) is 14.1. The van der Waals surface area contributed by atoms with Gasteiger partial charge in [-0.25, -0.2) is 4.98 Å². The molecule has 0 bridgehead atoms. The molecule has 0 saturated carbocycles. The number of H-pyrrole nitrogens is 1. The minimum Gasteiger partial charge on any atom is -0.342 e.